The number of anilines is 1. The Labute approximate surface area is 182 Å². The minimum atomic E-state index is -0.678. The van der Waals surface area contributed by atoms with E-state index in [0.29, 0.717) is 12.5 Å². The van der Waals surface area contributed by atoms with Crippen LogP contribution in [0.3, 0.4) is 0 Å². The van der Waals surface area contributed by atoms with Crippen LogP contribution in [0.15, 0.2) is 24.3 Å². The first-order valence-corrected chi connectivity index (χ1v) is 11.9. The van der Waals surface area contributed by atoms with E-state index < -0.39 is 5.60 Å². The first-order valence-electron chi connectivity index (χ1n) is 11.9. The quantitative estimate of drug-likeness (QED) is 0.568. The Morgan fingerprint density at radius 2 is 1.70 bits per heavy atom. The number of carbonyl (C=O) groups excluding carboxylic acids is 1. The Morgan fingerprint density at radius 1 is 1.07 bits per heavy atom. The molecular weight excluding hydrogens is 376 g/mol. The van der Waals surface area contributed by atoms with Gasteiger partial charge in [0, 0.05) is 18.8 Å². The second-order valence-corrected chi connectivity index (χ2v) is 9.31. The highest BCUT2D eigenvalue weighted by Gasteiger charge is 2.41. The van der Waals surface area contributed by atoms with Crippen LogP contribution in [0.4, 0.5) is 5.69 Å². The summed E-state index contributed by atoms with van der Waals surface area (Å²) in [6.07, 6.45) is 7.35. The van der Waals surface area contributed by atoms with Crippen LogP contribution in [0.5, 0.6) is 5.75 Å². The van der Waals surface area contributed by atoms with Gasteiger partial charge in [0.25, 0.3) is 5.91 Å². The number of carbonyl (C=O) groups is 1. The van der Waals surface area contributed by atoms with Gasteiger partial charge in [-0.1, -0.05) is 13.8 Å². The molecule has 1 aliphatic carbocycles. The van der Waals surface area contributed by atoms with Gasteiger partial charge in [-0.15, -0.1) is 0 Å². The van der Waals surface area contributed by atoms with Crippen molar-refractivity contribution in [3.63, 3.8) is 0 Å². The summed E-state index contributed by atoms with van der Waals surface area (Å²) in [6, 6.07) is 7.72. The number of piperidine rings is 1. The molecule has 2 aliphatic rings. The van der Waals surface area contributed by atoms with Crippen LogP contribution in [0.1, 0.15) is 65.7 Å². The fourth-order valence-electron chi connectivity index (χ4n) is 4.59. The first kappa shape index (κ1) is 23.1. The standard InChI is InChI=1S/C25H40N2O3/c1-4-30-25(14-10-20(2)11-15-25)24(28)26-22-6-8-23(9-7-22)29-19-5-16-27-17-12-21(3)13-18-27/h6-9,20-21H,4-5,10-19H2,1-3H3,(H,26,28). The van der Waals surface area contributed by atoms with E-state index in [4.69, 9.17) is 9.47 Å². The van der Waals surface area contributed by atoms with Crippen molar-refractivity contribution in [3.05, 3.63) is 24.3 Å². The number of nitrogens with zero attached hydrogens (tertiary/aromatic N) is 1. The van der Waals surface area contributed by atoms with Gasteiger partial charge in [-0.2, -0.15) is 0 Å². The number of amides is 1. The number of likely N-dealkylation sites (tertiary alicyclic amines) is 1. The van der Waals surface area contributed by atoms with E-state index in [-0.39, 0.29) is 5.91 Å². The maximum Gasteiger partial charge on any atom is 0.256 e. The summed E-state index contributed by atoms with van der Waals surface area (Å²) in [7, 11) is 0. The highest BCUT2D eigenvalue weighted by molar-refractivity contribution is 5.97. The van der Waals surface area contributed by atoms with Crippen molar-refractivity contribution >= 4 is 11.6 Å². The molecule has 0 unspecified atom stereocenters. The van der Waals surface area contributed by atoms with Crippen molar-refractivity contribution in [2.24, 2.45) is 11.8 Å². The van der Waals surface area contributed by atoms with Crippen molar-refractivity contribution in [3.8, 4) is 5.75 Å². The molecule has 3 rings (SSSR count). The van der Waals surface area contributed by atoms with Crippen LogP contribution < -0.4 is 10.1 Å². The molecule has 168 valence electrons. The lowest BCUT2D eigenvalue weighted by Gasteiger charge is -2.37. The number of hydrogen-bond donors (Lipinski definition) is 1. The maximum atomic E-state index is 13.0. The summed E-state index contributed by atoms with van der Waals surface area (Å²) in [5, 5.41) is 3.07. The zero-order valence-corrected chi connectivity index (χ0v) is 19.1. The zero-order valence-electron chi connectivity index (χ0n) is 19.1. The predicted molar refractivity (Wildman–Crippen MR) is 122 cm³/mol. The van der Waals surface area contributed by atoms with Crippen LogP contribution in [0.25, 0.3) is 0 Å². The SMILES string of the molecule is CCOC1(C(=O)Nc2ccc(OCCCN3CCC(C)CC3)cc2)CCC(C)CC1. The third kappa shape index (κ3) is 6.45. The van der Waals surface area contributed by atoms with Crippen molar-refractivity contribution in [1.82, 2.24) is 4.90 Å². The molecule has 0 atom stereocenters. The number of nitrogens with one attached hydrogen (secondary N) is 1. The van der Waals surface area contributed by atoms with E-state index in [2.05, 4.69) is 24.1 Å². The van der Waals surface area contributed by atoms with Gasteiger partial charge in [0.1, 0.15) is 11.4 Å². The minimum Gasteiger partial charge on any atom is -0.494 e. The fraction of sp³-hybridized carbons (Fsp3) is 0.720. The third-order valence-electron chi connectivity index (χ3n) is 6.79. The average molecular weight is 417 g/mol. The van der Waals surface area contributed by atoms with Crippen molar-refractivity contribution in [2.45, 2.75) is 71.3 Å². The van der Waals surface area contributed by atoms with Gasteiger partial charge in [0.15, 0.2) is 0 Å². The molecule has 0 aromatic heterocycles. The molecule has 1 aromatic carbocycles. The second kappa shape index (κ2) is 11.1. The van der Waals surface area contributed by atoms with E-state index >= 15 is 0 Å². The van der Waals surface area contributed by atoms with Crippen molar-refractivity contribution in [1.29, 1.82) is 0 Å². The predicted octanol–water partition coefficient (Wildman–Crippen LogP) is 5.11. The summed E-state index contributed by atoms with van der Waals surface area (Å²) in [5.41, 5.74) is 0.121. The average Bonchev–Trinajstić information content (AvgIpc) is 2.75. The molecule has 0 radical (unpaired) electrons. The summed E-state index contributed by atoms with van der Waals surface area (Å²) >= 11 is 0. The van der Waals surface area contributed by atoms with Crippen LogP contribution in [-0.2, 0) is 9.53 Å². The monoisotopic (exact) mass is 416 g/mol. The first-order chi connectivity index (χ1) is 14.5. The molecule has 1 amide bonds. The van der Waals surface area contributed by atoms with Crippen LogP contribution in [0, 0.1) is 11.8 Å². The summed E-state index contributed by atoms with van der Waals surface area (Å²) < 4.78 is 11.9. The van der Waals surface area contributed by atoms with E-state index in [1.54, 1.807) is 0 Å². The van der Waals surface area contributed by atoms with Gasteiger partial charge in [-0.05, 0) is 101 Å². The highest BCUT2D eigenvalue weighted by Crippen LogP contribution is 2.36. The summed E-state index contributed by atoms with van der Waals surface area (Å²) in [5.74, 6) is 2.38. The Bertz CT molecular complexity index is 645. The largest absolute Gasteiger partial charge is 0.494 e. The molecule has 0 bridgehead atoms. The molecule has 1 saturated carbocycles. The molecular formula is C25H40N2O3. The topological polar surface area (TPSA) is 50.8 Å². The molecule has 5 heteroatoms. The Kier molecular flexibility index (Phi) is 8.58. The molecule has 1 heterocycles. The van der Waals surface area contributed by atoms with E-state index in [0.717, 1.165) is 62.6 Å². The molecule has 30 heavy (non-hydrogen) atoms. The van der Waals surface area contributed by atoms with Gasteiger partial charge >= 0.3 is 0 Å². The van der Waals surface area contributed by atoms with Crippen LogP contribution in [-0.4, -0.2) is 49.3 Å². The summed E-state index contributed by atoms with van der Waals surface area (Å²) in [4.78, 5) is 15.5. The molecule has 2 fully saturated rings. The number of rotatable bonds is 9. The Hall–Kier alpha value is -1.59. The van der Waals surface area contributed by atoms with E-state index in [1.807, 2.05) is 31.2 Å². The second-order valence-electron chi connectivity index (χ2n) is 9.31. The fourth-order valence-corrected chi connectivity index (χ4v) is 4.59. The molecule has 5 nitrogen and oxygen atoms in total. The van der Waals surface area contributed by atoms with Crippen LogP contribution >= 0.6 is 0 Å². The lowest BCUT2D eigenvalue weighted by atomic mass is 9.78. The summed E-state index contributed by atoms with van der Waals surface area (Å²) in [6.45, 7) is 11.4. The molecule has 0 spiro atoms. The minimum absolute atomic E-state index is 0.0132. The number of ether oxygens (including phenoxy) is 2. The van der Waals surface area contributed by atoms with Gasteiger partial charge in [0.05, 0.1) is 6.61 Å². The molecule has 1 aliphatic heterocycles. The van der Waals surface area contributed by atoms with Crippen molar-refractivity contribution in [2.75, 3.05) is 38.2 Å². The molecule has 1 N–H and O–H groups in total. The third-order valence-corrected chi connectivity index (χ3v) is 6.79. The normalized spacial score (nSPS) is 25.8. The zero-order chi connectivity index (χ0) is 21.4. The van der Waals surface area contributed by atoms with Gasteiger partial charge < -0.3 is 19.7 Å². The Morgan fingerprint density at radius 3 is 2.33 bits per heavy atom. The van der Waals surface area contributed by atoms with Crippen molar-refractivity contribution < 1.29 is 14.3 Å². The van der Waals surface area contributed by atoms with Gasteiger partial charge in [-0.25, -0.2) is 0 Å². The smallest absolute Gasteiger partial charge is 0.256 e. The lowest BCUT2D eigenvalue weighted by molar-refractivity contribution is -0.146. The van der Waals surface area contributed by atoms with E-state index in [9.17, 15) is 4.79 Å². The highest BCUT2D eigenvalue weighted by atomic mass is 16.5. The lowest BCUT2D eigenvalue weighted by Crippen LogP contribution is -2.48. The van der Waals surface area contributed by atoms with Gasteiger partial charge in [0.2, 0.25) is 0 Å². The molecule has 1 saturated heterocycles. The number of benzene rings is 1. The van der Waals surface area contributed by atoms with Gasteiger partial charge in [-0.3, -0.25) is 4.79 Å². The number of hydrogen-bond acceptors (Lipinski definition) is 4. The Balaban J connectivity index is 1.43. The van der Waals surface area contributed by atoms with E-state index in [1.165, 1.54) is 25.9 Å². The maximum absolute atomic E-state index is 13.0. The van der Waals surface area contributed by atoms with Crippen LogP contribution in [0.2, 0.25) is 0 Å². The molecule has 1 aromatic rings.